The van der Waals surface area contributed by atoms with E-state index >= 15 is 0 Å². The zero-order valence-corrected chi connectivity index (χ0v) is 16.3. The molecule has 2 heterocycles. The van der Waals surface area contributed by atoms with E-state index in [0.29, 0.717) is 17.4 Å². The Hall–Kier alpha value is -3.13. The van der Waals surface area contributed by atoms with Gasteiger partial charge in [-0.05, 0) is 50.2 Å². The number of hydrogen-bond donors (Lipinski definition) is 2. The average Bonchev–Trinajstić information content (AvgIpc) is 3.05. The summed E-state index contributed by atoms with van der Waals surface area (Å²) in [5.74, 6) is 0.834. The molecule has 7 nitrogen and oxygen atoms in total. The SMILES string of the molecule is CCOc1ccc(NC(=O)CSc2nnc3c(n2)[nH]c2ccc(C)cc23)cc1. The summed E-state index contributed by atoms with van der Waals surface area (Å²) in [4.78, 5) is 19.9. The van der Waals surface area contributed by atoms with Crippen LogP contribution in [0.25, 0.3) is 22.1 Å². The topological polar surface area (TPSA) is 92.8 Å². The average molecular weight is 393 g/mol. The van der Waals surface area contributed by atoms with Gasteiger partial charge in [0.2, 0.25) is 11.1 Å². The first-order valence-electron chi connectivity index (χ1n) is 8.90. The molecule has 142 valence electrons. The lowest BCUT2D eigenvalue weighted by Crippen LogP contribution is -2.14. The van der Waals surface area contributed by atoms with E-state index in [1.165, 1.54) is 11.8 Å². The molecule has 2 aromatic heterocycles. The zero-order valence-electron chi connectivity index (χ0n) is 15.5. The van der Waals surface area contributed by atoms with Gasteiger partial charge < -0.3 is 15.0 Å². The van der Waals surface area contributed by atoms with Gasteiger partial charge in [-0.1, -0.05) is 23.4 Å². The van der Waals surface area contributed by atoms with Crippen LogP contribution in [-0.2, 0) is 4.79 Å². The summed E-state index contributed by atoms with van der Waals surface area (Å²) >= 11 is 1.25. The van der Waals surface area contributed by atoms with Crippen molar-refractivity contribution in [2.45, 2.75) is 19.0 Å². The smallest absolute Gasteiger partial charge is 0.234 e. The fraction of sp³-hybridized carbons (Fsp3) is 0.200. The number of nitrogens with zero attached hydrogens (tertiary/aromatic N) is 3. The highest BCUT2D eigenvalue weighted by molar-refractivity contribution is 7.99. The van der Waals surface area contributed by atoms with E-state index in [2.05, 4.69) is 31.5 Å². The second-order valence-corrected chi connectivity index (χ2v) is 7.20. The van der Waals surface area contributed by atoms with Crippen LogP contribution in [0.15, 0.2) is 47.6 Å². The lowest BCUT2D eigenvalue weighted by atomic mass is 10.2. The summed E-state index contributed by atoms with van der Waals surface area (Å²) in [6.07, 6.45) is 0. The van der Waals surface area contributed by atoms with Crippen LogP contribution >= 0.6 is 11.8 Å². The first-order valence-corrected chi connectivity index (χ1v) is 9.89. The Balaban J connectivity index is 1.41. The van der Waals surface area contributed by atoms with E-state index in [1.54, 1.807) is 0 Å². The molecule has 0 aliphatic carbocycles. The second kappa shape index (κ2) is 7.85. The maximum atomic E-state index is 12.2. The molecule has 0 spiro atoms. The van der Waals surface area contributed by atoms with Crippen LogP contribution in [0.1, 0.15) is 12.5 Å². The van der Waals surface area contributed by atoms with E-state index in [0.717, 1.165) is 33.4 Å². The fourth-order valence-electron chi connectivity index (χ4n) is 2.86. The Morgan fingerprint density at radius 2 is 2.00 bits per heavy atom. The van der Waals surface area contributed by atoms with Gasteiger partial charge in [0.05, 0.1) is 12.4 Å². The first-order chi connectivity index (χ1) is 13.6. The number of aryl methyl sites for hydroxylation is 1. The molecule has 0 radical (unpaired) electrons. The van der Waals surface area contributed by atoms with Gasteiger partial charge >= 0.3 is 0 Å². The van der Waals surface area contributed by atoms with Gasteiger partial charge in [-0.15, -0.1) is 10.2 Å². The van der Waals surface area contributed by atoms with Crippen LogP contribution in [-0.4, -0.2) is 38.4 Å². The number of nitrogens with one attached hydrogen (secondary N) is 2. The number of ether oxygens (including phenoxy) is 1. The summed E-state index contributed by atoms with van der Waals surface area (Å²) in [6, 6.07) is 13.4. The van der Waals surface area contributed by atoms with Crippen LogP contribution in [0.5, 0.6) is 5.75 Å². The predicted octanol–water partition coefficient (Wildman–Crippen LogP) is 3.94. The molecule has 2 N–H and O–H groups in total. The number of benzene rings is 2. The van der Waals surface area contributed by atoms with E-state index in [1.807, 2.05) is 50.2 Å². The summed E-state index contributed by atoms with van der Waals surface area (Å²) in [5.41, 5.74) is 4.25. The molecule has 8 heteroatoms. The molecule has 1 amide bonds. The van der Waals surface area contributed by atoms with Gasteiger partial charge in [0.1, 0.15) is 11.3 Å². The van der Waals surface area contributed by atoms with Gasteiger partial charge in [-0.2, -0.15) is 0 Å². The molecule has 0 aliphatic heterocycles. The number of H-pyrrole nitrogens is 1. The number of aromatic nitrogens is 4. The quantitative estimate of drug-likeness (QED) is 0.482. The van der Waals surface area contributed by atoms with Gasteiger partial charge in [-0.25, -0.2) is 4.98 Å². The fourth-order valence-corrected chi connectivity index (χ4v) is 3.45. The van der Waals surface area contributed by atoms with Gasteiger partial charge in [0.15, 0.2) is 5.65 Å². The molecule has 2 aromatic carbocycles. The second-order valence-electron chi connectivity index (χ2n) is 6.26. The number of carbonyl (C=O) groups excluding carboxylic acids is 1. The molecule has 0 bridgehead atoms. The number of anilines is 1. The van der Waals surface area contributed by atoms with Crippen LogP contribution in [0, 0.1) is 6.92 Å². The molecule has 0 aliphatic rings. The van der Waals surface area contributed by atoms with Gasteiger partial charge in [-0.3, -0.25) is 4.79 Å². The van der Waals surface area contributed by atoms with Crippen LogP contribution in [0.3, 0.4) is 0 Å². The Morgan fingerprint density at radius 1 is 1.18 bits per heavy atom. The highest BCUT2D eigenvalue weighted by Crippen LogP contribution is 2.24. The van der Waals surface area contributed by atoms with Gasteiger partial charge in [0, 0.05) is 16.6 Å². The third kappa shape index (κ3) is 3.91. The van der Waals surface area contributed by atoms with Crippen LogP contribution in [0.2, 0.25) is 0 Å². The normalized spacial score (nSPS) is 11.1. The van der Waals surface area contributed by atoms with E-state index < -0.39 is 0 Å². The number of carbonyl (C=O) groups is 1. The Morgan fingerprint density at radius 3 is 2.79 bits per heavy atom. The van der Waals surface area contributed by atoms with Crippen molar-refractivity contribution in [2.24, 2.45) is 0 Å². The molecule has 0 saturated carbocycles. The van der Waals surface area contributed by atoms with Crippen molar-refractivity contribution in [3.63, 3.8) is 0 Å². The maximum absolute atomic E-state index is 12.2. The number of amides is 1. The number of rotatable bonds is 6. The first kappa shape index (κ1) is 18.2. The number of aromatic amines is 1. The van der Waals surface area contributed by atoms with E-state index in [4.69, 9.17) is 4.74 Å². The largest absolute Gasteiger partial charge is 0.494 e. The summed E-state index contributed by atoms with van der Waals surface area (Å²) in [5, 5.41) is 12.7. The van der Waals surface area contributed by atoms with Crippen molar-refractivity contribution < 1.29 is 9.53 Å². The molecule has 0 fully saturated rings. The molecule has 0 unspecified atom stereocenters. The van der Waals surface area contributed by atoms with E-state index in [9.17, 15) is 4.79 Å². The summed E-state index contributed by atoms with van der Waals surface area (Å²) < 4.78 is 5.39. The van der Waals surface area contributed by atoms with Crippen molar-refractivity contribution in [3.8, 4) is 5.75 Å². The van der Waals surface area contributed by atoms with Gasteiger partial charge in [0.25, 0.3) is 0 Å². The van der Waals surface area contributed by atoms with Crippen molar-refractivity contribution in [3.05, 3.63) is 48.0 Å². The highest BCUT2D eigenvalue weighted by Gasteiger charge is 2.11. The zero-order chi connectivity index (χ0) is 19.5. The Kier molecular flexibility index (Phi) is 5.12. The molecule has 0 atom stereocenters. The number of thioether (sulfide) groups is 1. The van der Waals surface area contributed by atoms with E-state index in [-0.39, 0.29) is 11.7 Å². The van der Waals surface area contributed by atoms with Crippen molar-refractivity contribution in [1.29, 1.82) is 0 Å². The Labute approximate surface area is 165 Å². The minimum absolute atomic E-state index is 0.134. The predicted molar refractivity (Wildman–Crippen MR) is 111 cm³/mol. The van der Waals surface area contributed by atoms with Crippen molar-refractivity contribution >= 4 is 45.4 Å². The molecular formula is C20H19N5O2S. The summed E-state index contributed by atoms with van der Waals surface area (Å²) in [6.45, 7) is 4.57. The molecule has 28 heavy (non-hydrogen) atoms. The monoisotopic (exact) mass is 393 g/mol. The van der Waals surface area contributed by atoms with Crippen molar-refractivity contribution in [1.82, 2.24) is 20.2 Å². The van der Waals surface area contributed by atoms with Crippen LogP contribution < -0.4 is 10.1 Å². The van der Waals surface area contributed by atoms with Crippen molar-refractivity contribution in [2.75, 3.05) is 17.7 Å². The lowest BCUT2D eigenvalue weighted by molar-refractivity contribution is -0.113. The highest BCUT2D eigenvalue weighted by atomic mass is 32.2. The number of hydrogen-bond acceptors (Lipinski definition) is 6. The van der Waals surface area contributed by atoms with Crippen LogP contribution in [0.4, 0.5) is 5.69 Å². The summed E-state index contributed by atoms with van der Waals surface area (Å²) in [7, 11) is 0. The molecule has 4 aromatic rings. The minimum Gasteiger partial charge on any atom is -0.494 e. The molecular weight excluding hydrogens is 374 g/mol. The molecule has 0 saturated heterocycles. The maximum Gasteiger partial charge on any atom is 0.234 e. The minimum atomic E-state index is -0.134. The number of fused-ring (bicyclic) bond motifs is 3. The standard InChI is InChI=1S/C20H19N5O2S/c1-3-27-14-7-5-13(6-8-14)21-17(26)11-28-20-23-19-18(24-25-20)15-10-12(2)4-9-16(15)22-19/h4-10H,3,11H2,1-2H3,(H,21,26)(H,22,23,25). The third-order valence-electron chi connectivity index (χ3n) is 4.13. The lowest BCUT2D eigenvalue weighted by Gasteiger charge is -2.06. The Bertz CT molecular complexity index is 1140. The molecule has 4 rings (SSSR count). The third-order valence-corrected chi connectivity index (χ3v) is 4.97.